The molecular formula is C11H12F3NO. The fourth-order valence-electron chi connectivity index (χ4n) is 2.00. The van der Waals surface area contributed by atoms with Crippen LogP contribution in [0.2, 0.25) is 0 Å². The SMILES string of the molecule is Cc1cccc2c1NC(C(F)(F)F)C(O)C2. The minimum Gasteiger partial charge on any atom is -0.390 e. The van der Waals surface area contributed by atoms with Gasteiger partial charge in [0.25, 0.3) is 0 Å². The van der Waals surface area contributed by atoms with Crippen molar-refractivity contribution >= 4 is 5.69 Å². The van der Waals surface area contributed by atoms with E-state index in [1.165, 1.54) is 0 Å². The van der Waals surface area contributed by atoms with Crippen LogP contribution in [0.4, 0.5) is 18.9 Å². The quantitative estimate of drug-likeness (QED) is 0.717. The van der Waals surface area contributed by atoms with Crippen LogP contribution < -0.4 is 5.32 Å². The normalized spacial score (nSPS) is 24.8. The van der Waals surface area contributed by atoms with Crippen LogP contribution >= 0.6 is 0 Å². The van der Waals surface area contributed by atoms with Gasteiger partial charge >= 0.3 is 6.18 Å². The van der Waals surface area contributed by atoms with Crippen LogP contribution in [0.1, 0.15) is 11.1 Å². The Morgan fingerprint density at radius 1 is 1.38 bits per heavy atom. The Bertz CT molecular complexity index is 403. The molecule has 0 radical (unpaired) electrons. The molecule has 2 rings (SSSR count). The maximum atomic E-state index is 12.6. The number of aryl methyl sites for hydroxylation is 1. The van der Waals surface area contributed by atoms with Crippen molar-refractivity contribution in [1.82, 2.24) is 0 Å². The molecule has 1 aromatic carbocycles. The largest absolute Gasteiger partial charge is 0.411 e. The van der Waals surface area contributed by atoms with Crippen molar-refractivity contribution < 1.29 is 18.3 Å². The molecule has 2 unspecified atom stereocenters. The smallest absolute Gasteiger partial charge is 0.390 e. The van der Waals surface area contributed by atoms with E-state index >= 15 is 0 Å². The van der Waals surface area contributed by atoms with Gasteiger partial charge < -0.3 is 10.4 Å². The molecule has 2 N–H and O–H groups in total. The van der Waals surface area contributed by atoms with E-state index in [9.17, 15) is 18.3 Å². The molecule has 2 atom stereocenters. The van der Waals surface area contributed by atoms with E-state index in [1.54, 1.807) is 25.1 Å². The third-order valence-corrected chi connectivity index (χ3v) is 2.83. The van der Waals surface area contributed by atoms with E-state index in [0.717, 1.165) is 11.1 Å². The molecule has 0 saturated carbocycles. The Morgan fingerprint density at radius 3 is 2.69 bits per heavy atom. The lowest BCUT2D eigenvalue weighted by atomic mass is 9.93. The van der Waals surface area contributed by atoms with Gasteiger partial charge in [-0.15, -0.1) is 0 Å². The number of alkyl halides is 3. The molecule has 5 heteroatoms. The van der Waals surface area contributed by atoms with Crippen molar-refractivity contribution in [3.63, 3.8) is 0 Å². The number of anilines is 1. The van der Waals surface area contributed by atoms with Crippen molar-refractivity contribution in [3.8, 4) is 0 Å². The van der Waals surface area contributed by atoms with E-state index in [1.807, 2.05) is 0 Å². The summed E-state index contributed by atoms with van der Waals surface area (Å²) >= 11 is 0. The second-order valence-corrected chi connectivity index (χ2v) is 4.04. The lowest BCUT2D eigenvalue weighted by molar-refractivity contribution is -0.163. The summed E-state index contributed by atoms with van der Waals surface area (Å²) in [6.07, 6.45) is -5.82. The highest BCUT2D eigenvalue weighted by Crippen LogP contribution is 2.34. The number of aliphatic hydroxyl groups excluding tert-OH is 1. The maximum absolute atomic E-state index is 12.6. The molecule has 0 amide bonds. The van der Waals surface area contributed by atoms with Gasteiger partial charge in [0, 0.05) is 12.1 Å². The zero-order valence-corrected chi connectivity index (χ0v) is 8.67. The predicted octanol–water partition coefficient (Wildman–Crippen LogP) is 2.25. The molecule has 0 saturated heterocycles. The van der Waals surface area contributed by atoms with Crippen LogP contribution in [-0.2, 0) is 6.42 Å². The molecule has 0 aliphatic carbocycles. The molecule has 0 aromatic heterocycles. The monoisotopic (exact) mass is 231 g/mol. The van der Waals surface area contributed by atoms with Gasteiger partial charge in [-0.3, -0.25) is 0 Å². The summed E-state index contributed by atoms with van der Waals surface area (Å²) in [5.41, 5.74) is 1.99. The first kappa shape index (κ1) is 11.3. The first-order valence-electron chi connectivity index (χ1n) is 4.99. The second-order valence-electron chi connectivity index (χ2n) is 4.04. The molecule has 16 heavy (non-hydrogen) atoms. The molecule has 0 bridgehead atoms. The summed E-state index contributed by atoms with van der Waals surface area (Å²) in [5.74, 6) is 0. The van der Waals surface area contributed by atoms with Crippen LogP contribution in [0.5, 0.6) is 0 Å². The third kappa shape index (κ3) is 1.87. The predicted molar refractivity (Wildman–Crippen MR) is 54.4 cm³/mol. The standard InChI is InChI=1S/C11H12F3NO/c1-6-3-2-4-7-5-8(16)10(11(12,13)14)15-9(6)7/h2-4,8,10,15-16H,5H2,1H3. The average Bonchev–Trinajstić information content (AvgIpc) is 2.15. The Hall–Kier alpha value is -1.23. The van der Waals surface area contributed by atoms with Crippen LogP contribution in [0.3, 0.4) is 0 Å². The minimum absolute atomic E-state index is 0.0359. The maximum Gasteiger partial charge on any atom is 0.411 e. The van der Waals surface area contributed by atoms with Gasteiger partial charge in [-0.2, -0.15) is 13.2 Å². The van der Waals surface area contributed by atoms with Gasteiger partial charge in [0.1, 0.15) is 6.04 Å². The van der Waals surface area contributed by atoms with Crippen LogP contribution in [0.15, 0.2) is 18.2 Å². The summed E-state index contributed by atoms with van der Waals surface area (Å²) in [6.45, 7) is 1.75. The summed E-state index contributed by atoms with van der Waals surface area (Å²) in [7, 11) is 0. The van der Waals surface area contributed by atoms with Crippen LogP contribution in [-0.4, -0.2) is 23.4 Å². The summed E-state index contributed by atoms with van der Waals surface area (Å²) in [4.78, 5) is 0. The van der Waals surface area contributed by atoms with Crippen molar-refractivity contribution in [2.45, 2.75) is 31.7 Å². The van der Waals surface area contributed by atoms with E-state index in [0.29, 0.717) is 5.69 Å². The summed E-state index contributed by atoms with van der Waals surface area (Å²) < 4.78 is 37.8. The summed E-state index contributed by atoms with van der Waals surface area (Å²) in [5, 5.41) is 11.8. The average molecular weight is 231 g/mol. The first-order valence-corrected chi connectivity index (χ1v) is 4.99. The van der Waals surface area contributed by atoms with Crippen LogP contribution in [0.25, 0.3) is 0 Å². The minimum atomic E-state index is -4.43. The molecule has 1 aromatic rings. The highest BCUT2D eigenvalue weighted by Gasteiger charge is 2.46. The molecule has 1 heterocycles. The molecular weight excluding hydrogens is 219 g/mol. The van der Waals surface area contributed by atoms with Crippen molar-refractivity contribution in [2.75, 3.05) is 5.32 Å². The highest BCUT2D eigenvalue weighted by atomic mass is 19.4. The first-order chi connectivity index (χ1) is 7.39. The van der Waals surface area contributed by atoms with E-state index < -0.39 is 18.3 Å². The third-order valence-electron chi connectivity index (χ3n) is 2.83. The molecule has 0 spiro atoms. The van der Waals surface area contributed by atoms with Crippen LogP contribution in [0, 0.1) is 6.92 Å². The number of hydrogen-bond acceptors (Lipinski definition) is 2. The molecule has 2 nitrogen and oxygen atoms in total. The van der Waals surface area contributed by atoms with Gasteiger partial charge in [-0.05, 0) is 18.1 Å². The topological polar surface area (TPSA) is 32.3 Å². The lowest BCUT2D eigenvalue weighted by Gasteiger charge is -2.33. The van der Waals surface area contributed by atoms with Crippen molar-refractivity contribution in [2.24, 2.45) is 0 Å². The molecule has 1 aliphatic rings. The molecule has 1 aliphatic heterocycles. The highest BCUT2D eigenvalue weighted by molar-refractivity contribution is 5.60. The second kappa shape index (κ2) is 3.66. The number of nitrogens with one attached hydrogen (secondary N) is 1. The number of hydrogen-bond donors (Lipinski definition) is 2. The zero-order valence-electron chi connectivity index (χ0n) is 8.67. The number of halogens is 3. The molecule has 88 valence electrons. The number of aliphatic hydroxyl groups is 1. The van der Waals surface area contributed by atoms with Crippen molar-refractivity contribution in [3.05, 3.63) is 29.3 Å². The summed E-state index contributed by atoms with van der Waals surface area (Å²) in [6, 6.07) is 3.37. The lowest BCUT2D eigenvalue weighted by Crippen LogP contribution is -2.49. The Kier molecular flexibility index (Phi) is 2.58. The van der Waals surface area contributed by atoms with Gasteiger partial charge in [0.2, 0.25) is 0 Å². The zero-order chi connectivity index (χ0) is 11.9. The van der Waals surface area contributed by atoms with E-state index in [2.05, 4.69) is 5.32 Å². The number of rotatable bonds is 0. The van der Waals surface area contributed by atoms with E-state index in [4.69, 9.17) is 0 Å². The Morgan fingerprint density at radius 2 is 2.06 bits per heavy atom. The molecule has 0 fully saturated rings. The number of fused-ring (bicyclic) bond motifs is 1. The Balaban J connectivity index is 2.37. The van der Waals surface area contributed by atoms with Crippen molar-refractivity contribution in [1.29, 1.82) is 0 Å². The number of benzene rings is 1. The fourth-order valence-corrected chi connectivity index (χ4v) is 2.00. The van der Waals surface area contributed by atoms with Gasteiger partial charge in [0.05, 0.1) is 6.10 Å². The fraction of sp³-hybridized carbons (Fsp3) is 0.455. The van der Waals surface area contributed by atoms with Gasteiger partial charge in [-0.25, -0.2) is 0 Å². The Labute approximate surface area is 91.1 Å². The van der Waals surface area contributed by atoms with Gasteiger partial charge in [0.15, 0.2) is 0 Å². The van der Waals surface area contributed by atoms with E-state index in [-0.39, 0.29) is 6.42 Å². The van der Waals surface area contributed by atoms with Gasteiger partial charge in [-0.1, -0.05) is 18.2 Å². The number of para-hydroxylation sites is 1.